The number of rotatable bonds is 4. The number of carbonyl (C=O) groups excluding carboxylic acids is 1. The van der Waals surface area contributed by atoms with Crippen molar-refractivity contribution in [3.05, 3.63) is 57.7 Å². The maximum Gasteiger partial charge on any atom is 0.339 e. The van der Waals surface area contributed by atoms with E-state index >= 15 is 0 Å². The standard InChI is InChI=1S/C18H17N3O4/c1-10-7-13(16-11(2)12(3)17(23)25-14(16)8-10)24-9-15(22)21-18-19-5-4-6-20-18/h4-8H,9H2,1-3H3,(H,19,20,21,22). The fourth-order valence-electron chi connectivity index (χ4n) is 2.47. The Morgan fingerprint density at radius 1 is 1.16 bits per heavy atom. The molecular weight excluding hydrogens is 322 g/mol. The Balaban J connectivity index is 1.87. The molecule has 0 spiro atoms. The molecule has 0 bridgehead atoms. The zero-order valence-corrected chi connectivity index (χ0v) is 14.1. The average Bonchev–Trinajstić information content (AvgIpc) is 2.58. The molecule has 128 valence electrons. The van der Waals surface area contributed by atoms with E-state index in [0.717, 1.165) is 11.1 Å². The van der Waals surface area contributed by atoms with E-state index in [9.17, 15) is 9.59 Å². The molecule has 7 nitrogen and oxygen atoms in total. The van der Waals surface area contributed by atoms with Crippen molar-refractivity contribution in [3.63, 3.8) is 0 Å². The van der Waals surface area contributed by atoms with Crippen molar-refractivity contribution in [2.45, 2.75) is 20.8 Å². The van der Waals surface area contributed by atoms with E-state index in [0.29, 0.717) is 22.3 Å². The summed E-state index contributed by atoms with van der Waals surface area (Å²) in [6.45, 7) is 5.17. The van der Waals surface area contributed by atoms with Gasteiger partial charge in [-0.2, -0.15) is 0 Å². The summed E-state index contributed by atoms with van der Waals surface area (Å²) in [5.74, 6) is 0.319. The summed E-state index contributed by atoms with van der Waals surface area (Å²) in [4.78, 5) is 31.7. The highest BCUT2D eigenvalue weighted by atomic mass is 16.5. The van der Waals surface area contributed by atoms with Crippen molar-refractivity contribution >= 4 is 22.8 Å². The monoisotopic (exact) mass is 339 g/mol. The highest BCUT2D eigenvalue weighted by molar-refractivity contribution is 5.91. The Kier molecular flexibility index (Phi) is 4.47. The largest absolute Gasteiger partial charge is 0.483 e. The first-order valence-corrected chi connectivity index (χ1v) is 7.70. The molecule has 0 aliphatic rings. The van der Waals surface area contributed by atoms with Gasteiger partial charge in [-0.3, -0.25) is 10.1 Å². The molecule has 3 aromatic rings. The van der Waals surface area contributed by atoms with E-state index in [1.54, 1.807) is 25.1 Å². The van der Waals surface area contributed by atoms with Crippen molar-refractivity contribution < 1.29 is 13.9 Å². The lowest BCUT2D eigenvalue weighted by Crippen LogP contribution is -2.21. The fourth-order valence-corrected chi connectivity index (χ4v) is 2.47. The average molecular weight is 339 g/mol. The second-order valence-corrected chi connectivity index (χ2v) is 5.68. The summed E-state index contributed by atoms with van der Waals surface area (Å²) >= 11 is 0. The molecule has 2 aromatic heterocycles. The number of nitrogens with one attached hydrogen (secondary N) is 1. The first-order chi connectivity index (χ1) is 12.0. The molecule has 1 aromatic carbocycles. The van der Waals surface area contributed by atoms with Gasteiger partial charge in [0.15, 0.2) is 6.61 Å². The van der Waals surface area contributed by atoms with Crippen molar-refractivity contribution in [3.8, 4) is 5.75 Å². The molecule has 0 fully saturated rings. The first-order valence-electron chi connectivity index (χ1n) is 7.70. The predicted molar refractivity (Wildman–Crippen MR) is 92.9 cm³/mol. The van der Waals surface area contributed by atoms with Crippen LogP contribution in [0.4, 0.5) is 5.95 Å². The normalized spacial score (nSPS) is 10.7. The summed E-state index contributed by atoms with van der Waals surface area (Å²) in [5, 5.41) is 3.24. The van der Waals surface area contributed by atoms with Gasteiger partial charge in [0.2, 0.25) is 5.95 Å². The Labute approximate surface area is 143 Å². The number of hydrogen-bond acceptors (Lipinski definition) is 6. The number of amides is 1. The van der Waals surface area contributed by atoms with Crippen LogP contribution < -0.4 is 15.7 Å². The number of aromatic nitrogens is 2. The Hall–Kier alpha value is -3.22. The van der Waals surface area contributed by atoms with E-state index in [1.807, 2.05) is 13.8 Å². The molecule has 3 rings (SSSR count). The highest BCUT2D eigenvalue weighted by Crippen LogP contribution is 2.30. The summed E-state index contributed by atoms with van der Waals surface area (Å²) in [5.41, 5.74) is 2.22. The summed E-state index contributed by atoms with van der Waals surface area (Å²) < 4.78 is 11.0. The molecule has 0 radical (unpaired) electrons. The number of ether oxygens (including phenoxy) is 1. The zero-order valence-electron chi connectivity index (χ0n) is 14.1. The highest BCUT2D eigenvalue weighted by Gasteiger charge is 2.14. The van der Waals surface area contributed by atoms with Crippen molar-refractivity contribution in [2.75, 3.05) is 11.9 Å². The van der Waals surface area contributed by atoms with Crippen molar-refractivity contribution in [1.82, 2.24) is 9.97 Å². The first kappa shape index (κ1) is 16.6. The number of carbonyl (C=O) groups is 1. The van der Waals surface area contributed by atoms with Gasteiger partial charge in [0.1, 0.15) is 11.3 Å². The number of anilines is 1. The molecule has 0 unspecified atom stereocenters. The third-order valence-corrected chi connectivity index (χ3v) is 3.83. The van der Waals surface area contributed by atoms with Gasteiger partial charge in [-0.1, -0.05) is 0 Å². The maximum absolute atomic E-state index is 12.0. The molecule has 1 N–H and O–H groups in total. The summed E-state index contributed by atoms with van der Waals surface area (Å²) in [7, 11) is 0. The number of nitrogens with zero attached hydrogens (tertiary/aromatic N) is 2. The molecule has 1 amide bonds. The van der Waals surface area contributed by atoms with Gasteiger partial charge in [-0.05, 0) is 50.1 Å². The lowest BCUT2D eigenvalue weighted by atomic mass is 10.0. The van der Waals surface area contributed by atoms with Gasteiger partial charge in [-0.15, -0.1) is 0 Å². The molecule has 0 saturated heterocycles. The van der Waals surface area contributed by atoms with Crippen molar-refractivity contribution in [2.24, 2.45) is 0 Å². The Bertz CT molecular complexity index is 997. The zero-order chi connectivity index (χ0) is 18.0. The molecule has 0 aliphatic heterocycles. The van der Waals surface area contributed by atoms with Gasteiger partial charge in [-0.25, -0.2) is 14.8 Å². The van der Waals surface area contributed by atoms with Crippen LogP contribution in [0.25, 0.3) is 11.0 Å². The fraction of sp³-hybridized carbons (Fsp3) is 0.222. The lowest BCUT2D eigenvalue weighted by Gasteiger charge is -2.12. The van der Waals surface area contributed by atoms with Gasteiger partial charge in [0.05, 0.1) is 5.39 Å². The second kappa shape index (κ2) is 6.72. The van der Waals surface area contributed by atoms with Crippen LogP contribution in [0.3, 0.4) is 0 Å². The number of fused-ring (bicyclic) bond motifs is 1. The SMILES string of the molecule is Cc1cc(OCC(=O)Nc2ncccn2)c2c(C)c(C)c(=O)oc2c1. The van der Waals surface area contributed by atoms with Crippen LogP contribution in [0.15, 0.2) is 39.8 Å². The van der Waals surface area contributed by atoms with Crippen LogP contribution in [0.2, 0.25) is 0 Å². The van der Waals surface area contributed by atoms with Gasteiger partial charge in [0.25, 0.3) is 5.91 Å². The van der Waals surface area contributed by atoms with E-state index in [4.69, 9.17) is 9.15 Å². The number of hydrogen-bond donors (Lipinski definition) is 1. The third-order valence-electron chi connectivity index (χ3n) is 3.83. The Morgan fingerprint density at radius 2 is 1.88 bits per heavy atom. The van der Waals surface area contributed by atoms with E-state index in [-0.39, 0.29) is 24.1 Å². The smallest absolute Gasteiger partial charge is 0.339 e. The van der Waals surface area contributed by atoms with Crippen LogP contribution in [0, 0.1) is 20.8 Å². The van der Waals surface area contributed by atoms with Crippen molar-refractivity contribution in [1.29, 1.82) is 0 Å². The molecular formula is C18H17N3O4. The lowest BCUT2D eigenvalue weighted by molar-refractivity contribution is -0.118. The number of benzene rings is 1. The summed E-state index contributed by atoms with van der Waals surface area (Å²) in [6.07, 6.45) is 3.07. The molecule has 2 heterocycles. The summed E-state index contributed by atoms with van der Waals surface area (Å²) in [6, 6.07) is 5.24. The molecule has 0 atom stereocenters. The van der Waals surface area contributed by atoms with Crippen LogP contribution in [-0.2, 0) is 4.79 Å². The quantitative estimate of drug-likeness (QED) is 0.734. The van der Waals surface area contributed by atoms with Crippen LogP contribution in [-0.4, -0.2) is 22.5 Å². The minimum Gasteiger partial charge on any atom is -0.483 e. The van der Waals surface area contributed by atoms with Crippen LogP contribution >= 0.6 is 0 Å². The topological polar surface area (TPSA) is 94.3 Å². The molecule has 25 heavy (non-hydrogen) atoms. The second-order valence-electron chi connectivity index (χ2n) is 5.68. The van der Waals surface area contributed by atoms with E-state index in [2.05, 4.69) is 15.3 Å². The van der Waals surface area contributed by atoms with Crippen LogP contribution in [0.1, 0.15) is 16.7 Å². The third kappa shape index (κ3) is 3.50. The Morgan fingerprint density at radius 3 is 2.60 bits per heavy atom. The number of aryl methyl sites for hydroxylation is 2. The van der Waals surface area contributed by atoms with E-state index < -0.39 is 0 Å². The van der Waals surface area contributed by atoms with Gasteiger partial charge >= 0.3 is 5.63 Å². The maximum atomic E-state index is 12.0. The van der Waals surface area contributed by atoms with Gasteiger partial charge in [0, 0.05) is 18.0 Å². The molecule has 0 aliphatic carbocycles. The molecule has 0 saturated carbocycles. The minimum atomic E-state index is -0.382. The minimum absolute atomic E-state index is 0.211. The molecule has 7 heteroatoms. The predicted octanol–water partition coefficient (Wildman–Crippen LogP) is 2.53. The van der Waals surface area contributed by atoms with Crippen LogP contribution in [0.5, 0.6) is 5.75 Å². The van der Waals surface area contributed by atoms with E-state index in [1.165, 1.54) is 12.4 Å². The van der Waals surface area contributed by atoms with Gasteiger partial charge < -0.3 is 9.15 Å².